The molecule has 28 heavy (non-hydrogen) atoms. The molecule has 2 heterocycles. The Morgan fingerprint density at radius 1 is 1.29 bits per heavy atom. The molecule has 1 saturated heterocycles. The molecule has 2 aromatic carbocycles. The minimum absolute atomic E-state index is 0.00447. The van der Waals surface area contributed by atoms with Gasteiger partial charge in [0.25, 0.3) is 5.91 Å². The summed E-state index contributed by atoms with van der Waals surface area (Å²) in [5.41, 5.74) is 1.60. The van der Waals surface area contributed by atoms with Gasteiger partial charge < -0.3 is 9.64 Å². The van der Waals surface area contributed by atoms with E-state index in [1.165, 1.54) is 4.70 Å². The second-order valence-electron chi connectivity index (χ2n) is 7.04. The second kappa shape index (κ2) is 7.99. The molecule has 1 aliphatic rings. The van der Waals surface area contributed by atoms with Gasteiger partial charge in [-0.15, -0.1) is 11.3 Å². The Kier molecular flexibility index (Phi) is 5.27. The number of nitriles is 1. The zero-order chi connectivity index (χ0) is 19.5. The van der Waals surface area contributed by atoms with Crippen molar-refractivity contribution in [3.8, 4) is 11.8 Å². The van der Waals surface area contributed by atoms with E-state index in [-0.39, 0.29) is 11.8 Å². The van der Waals surface area contributed by atoms with Crippen molar-refractivity contribution in [2.75, 3.05) is 13.1 Å². The maximum absolute atomic E-state index is 12.9. The summed E-state index contributed by atoms with van der Waals surface area (Å²) in [6.45, 7) is 3.21. The fourth-order valence-electron chi connectivity index (χ4n) is 3.56. The van der Waals surface area contributed by atoms with E-state index < -0.39 is 6.10 Å². The summed E-state index contributed by atoms with van der Waals surface area (Å²) in [5.74, 6) is 0.868. The molecular weight excluding hydrogens is 370 g/mol. The zero-order valence-electron chi connectivity index (χ0n) is 15.7. The summed E-state index contributed by atoms with van der Waals surface area (Å²) in [6, 6.07) is 17.1. The largest absolute Gasteiger partial charge is 0.481 e. The number of nitrogens with zero attached hydrogens (tertiary/aromatic N) is 3. The molecule has 1 fully saturated rings. The van der Waals surface area contributed by atoms with Gasteiger partial charge in [0.1, 0.15) is 5.75 Å². The summed E-state index contributed by atoms with van der Waals surface area (Å²) >= 11 is 1.73. The summed E-state index contributed by atoms with van der Waals surface area (Å²) in [5, 5.41) is 9.99. The van der Waals surface area contributed by atoms with E-state index in [4.69, 9.17) is 15.0 Å². The highest BCUT2D eigenvalue weighted by atomic mass is 32.1. The molecule has 0 N–H and O–H groups in total. The number of hydrogen-bond donors (Lipinski definition) is 0. The lowest BCUT2D eigenvalue weighted by Crippen LogP contribution is -2.45. The molecule has 0 radical (unpaired) electrons. The fraction of sp³-hybridized carbons (Fsp3) is 0.318. The highest BCUT2D eigenvalue weighted by Gasteiger charge is 2.30. The van der Waals surface area contributed by atoms with Crippen LogP contribution in [0.25, 0.3) is 10.2 Å². The van der Waals surface area contributed by atoms with E-state index >= 15 is 0 Å². The normalized spacial score (nSPS) is 17.9. The minimum atomic E-state index is -0.568. The standard InChI is InChI=1S/C22H21N3O2S/c1-15(27-18-10-8-16(13-23)9-11-18)22(26)25-12-4-5-17(14-25)21-24-19-6-2-3-7-20(19)28-21/h2-3,6-11,15,17H,4-5,12,14H2,1H3/t15-,17+/m0/s1. The monoisotopic (exact) mass is 391 g/mol. The maximum atomic E-state index is 12.9. The van der Waals surface area contributed by atoms with E-state index in [1.54, 1.807) is 42.5 Å². The number of rotatable bonds is 4. The smallest absolute Gasteiger partial charge is 0.263 e. The number of hydrogen-bond acceptors (Lipinski definition) is 5. The molecule has 6 heteroatoms. The first-order chi connectivity index (χ1) is 13.6. The van der Waals surface area contributed by atoms with Gasteiger partial charge in [-0.05, 0) is 56.2 Å². The molecule has 3 aromatic rings. The van der Waals surface area contributed by atoms with Crippen LogP contribution in [0.1, 0.15) is 36.3 Å². The van der Waals surface area contributed by atoms with Crippen molar-refractivity contribution in [3.63, 3.8) is 0 Å². The summed E-state index contributed by atoms with van der Waals surface area (Å²) < 4.78 is 7.00. The minimum Gasteiger partial charge on any atom is -0.481 e. The number of carbonyl (C=O) groups excluding carboxylic acids is 1. The van der Waals surface area contributed by atoms with Crippen LogP contribution in [0.4, 0.5) is 0 Å². The van der Waals surface area contributed by atoms with Crippen LogP contribution in [0.15, 0.2) is 48.5 Å². The lowest BCUT2D eigenvalue weighted by molar-refractivity contribution is -0.139. The van der Waals surface area contributed by atoms with Crippen molar-refractivity contribution in [1.82, 2.24) is 9.88 Å². The third kappa shape index (κ3) is 3.85. The molecular formula is C22H21N3O2S. The van der Waals surface area contributed by atoms with Crippen LogP contribution < -0.4 is 4.74 Å². The number of carbonyl (C=O) groups is 1. The molecule has 0 saturated carbocycles. The molecule has 4 rings (SSSR count). The molecule has 0 aliphatic carbocycles. The average molecular weight is 391 g/mol. The summed E-state index contributed by atoms with van der Waals surface area (Å²) in [6.07, 6.45) is 1.45. The van der Waals surface area contributed by atoms with E-state index in [0.29, 0.717) is 17.9 Å². The Morgan fingerprint density at radius 3 is 2.82 bits per heavy atom. The number of amides is 1. The van der Waals surface area contributed by atoms with Gasteiger partial charge in [0.2, 0.25) is 0 Å². The first-order valence-electron chi connectivity index (χ1n) is 9.45. The van der Waals surface area contributed by atoms with Crippen molar-refractivity contribution in [3.05, 3.63) is 59.1 Å². The Balaban J connectivity index is 1.42. The average Bonchev–Trinajstić information content (AvgIpc) is 3.18. The number of ether oxygens (including phenoxy) is 1. The number of para-hydroxylation sites is 1. The predicted octanol–water partition coefficient (Wildman–Crippen LogP) is 4.34. The number of piperidine rings is 1. The summed E-state index contributed by atoms with van der Waals surface area (Å²) in [4.78, 5) is 19.6. The molecule has 0 unspecified atom stereocenters. The quantitative estimate of drug-likeness (QED) is 0.663. The van der Waals surface area contributed by atoms with E-state index in [0.717, 1.165) is 29.9 Å². The molecule has 1 amide bonds. The lowest BCUT2D eigenvalue weighted by Gasteiger charge is -2.33. The van der Waals surface area contributed by atoms with Gasteiger partial charge in [-0.25, -0.2) is 4.98 Å². The third-order valence-electron chi connectivity index (χ3n) is 5.04. The van der Waals surface area contributed by atoms with Crippen LogP contribution in [-0.4, -0.2) is 35.0 Å². The fourth-order valence-corrected chi connectivity index (χ4v) is 4.66. The van der Waals surface area contributed by atoms with Gasteiger partial charge in [0, 0.05) is 19.0 Å². The van der Waals surface area contributed by atoms with Gasteiger partial charge in [-0.1, -0.05) is 12.1 Å². The summed E-state index contributed by atoms with van der Waals surface area (Å²) in [7, 11) is 0. The van der Waals surface area contributed by atoms with Crippen LogP contribution in [0.3, 0.4) is 0 Å². The topological polar surface area (TPSA) is 66.2 Å². The molecule has 2 atom stereocenters. The second-order valence-corrected chi connectivity index (χ2v) is 8.10. The van der Waals surface area contributed by atoms with Crippen molar-refractivity contribution >= 4 is 27.5 Å². The Labute approximate surface area is 168 Å². The van der Waals surface area contributed by atoms with Crippen molar-refractivity contribution < 1.29 is 9.53 Å². The highest BCUT2D eigenvalue weighted by molar-refractivity contribution is 7.18. The first kappa shape index (κ1) is 18.5. The molecule has 5 nitrogen and oxygen atoms in total. The number of fused-ring (bicyclic) bond motifs is 1. The lowest BCUT2D eigenvalue weighted by atomic mass is 9.98. The SMILES string of the molecule is C[C@H](Oc1ccc(C#N)cc1)C(=O)N1CCC[C@@H](c2nc3ccccc3s2)C1. The number of aromatic nitrogens is 1. The molecule has 0 bridgehead atoms. The van der Waals surface area contributed by atoms with Crippen LogP contribution >= 0.6 is 11.3 Å². The molecule has 1 aromatic heterocycles. The van der Waals surface area contributed by atoms with Crippen LogP contribution in [0.5, 0.6) is 5.75 Å². The van der Waals surface area contributed by atoms with Gasteiger partial charge in [-0.3, -0.25) is 4.79 Å². The molecule has 0 spiro atoms. The van der Waals surface area contributed by atoms with Crippen molar-refractivity contribution in [1.29, 1.82) is 5.26 Å². The van der Waals surface area contributed by atoms with Gasteiger partial charge in [0.15, 0.2) is 6.10 Å². The van der Waals surface area contributed by atoms with Crippen molar-refractivity contribution in [2.24, 2.45) is 0 Å². The third-order valence-corrected chi connectivity index (χ3v) is 6.24. The van der Waals surface area contributed by atoms with Crippen LogP contribution in [0.2, 0.25) is 0 Å². The van der Waals surface area contributed by atoms with E-state index in [9.17, 15) is 4.79 Å². The van der Waals surface area contributed by atoms with Crippen LogP contribution in [0, 0.1) is 11.3 Å². The number of thiazole rings is 1. The van der Waals surface area contributed by atoms with Crippen LogP contribution in [-0.2, 0) is 4.79 Å². The Hall–Kier alpha value is -2.91. The van der Waals surface area contributed by atoms with E-state index in [1.807, 2.05) is 23.1 Å². The van der Waals surface area contributed by atoms with Crippen molar-refractivity contribution in [2.45, 2.75) is 31.8 Å². The van der Waals surface area contributed by atoms with Gasteiger partial charge in [0.05, 0.1) is 26.9 Å². The first-order valence-corrected chi connectivity index (χ1v) is 10.3. The molecule has 142 valence electrons. The predicted molar refractivity (Wildman–Crippen MR) is 109 cm³/mol. The molecule has 1 aliphatic heterocycles. The maximum Gasteiger partial charge on any atom is 0.263 e. The number of benzene rings is 2. The Morgan fingerprint density at radius 2 is 2.07 bits per heavy atom. The van der Waals surface area contributed by atoms with Gasteiger partial charge in [-0.2, -0.15) is 5.26 Å². The highest BCUT2D eigenvalue weighted by Crippen LogP contribution is 2.33. The van der Waals surface area contributed by atoms with Gasteiger partial charge >= 0.3 is 0 Å². The Bertz CT molecular complexity index is 989. The number of likely N-dealkylation sites (tertiary alicyclic amines) is 1. The zero-order valence-corrected chi connectivity index (χ0v) is 16.5. The van der Waals surface area contributed by atoms with E-state index in [2.05, 4.69) is 12.1 Å².